The molecular weight excluding hydrogens is 142 g/mol. The number of nitrogens with two attached hydrogens (primary N) is 1. The topological polar surface area (TPSA) is 60.3 Å². The van der Waals surface area contributed by atoms with E-state index in [1.54, 1.807) is 24.4 Å². The minimum absolute atomic E-state index is 0.671. The van der Waals surface area contributed by atoms with Gasteiger partial charge in [-0.2, -0.15) is 4.79 Å². The van der Waals surface area contributed by atoms with Crippen LogP contribution in [0.4, 0.5) is 5.82 Å². The molecule has 5 nitrogen and oxygen atoms in total. The van der Waals surface area contributed by atoms with Gasteiger partial charge in [0.05, 0.1) is 11.7 Å². The summed E-state index contributed by atoms with van der Waals surface area (Å²) in [7, 11) is 1.80. The molecule has 0 fully saturated rings. The molecule has 2 rings (SSSR count). The molecule has 0 aromatic carbocycles. The van der Waals surface area contributed by atoms with E-state index in [-0.39, 0.29) is 0 Å². The van der Waals surface area contributed by atoms with E-state index in [0.29, 0.717) is 5.82 Å². The Morgan fingerprint density at radius 2 is 2.45 bits per heavy atom. The van der Waals surface area contributed by atoms with Crippen molar-refractivity contribution < 1.29 is 0 Å². The van der Waals surface area contributed by atoms with Crippen LogP contribution in [0.1, 0.15) is 0 Å². The second kappa shape index (κ2) is 1.91. The molecule has 0 aliphatic rings. The third-order valence-corrected chi connectivity index (χ3v) is 1.61. The molecule has 0 radical (unpaired) electrons. The molecule has 0 aliphatic heterocycles. The molecular formula is C6H9N5. The van der Waals surface area contributed by atoms with Crippen molar-refractivity contribution in [1.29, 1.82) is 0 Å². The summed E-state index contributed by atoms with van der Waals surface area (Å²) >= 11 is 0. The van der Waals surface area contributed by atoms with Crippen LogP contribution < -0.4 is 11.2 Å². The molecule has 0 atom stereocenters. The van der Waals surface area contributed by atoms with Crippen LogP contribution in [0.25, 0.3) is 5.52 Å². The zero-order valence-electron chi connectivity index (χ0n) is 6.15. The van der Waals surface area contributed by atoms with Crippen molar-refractivity contribution >= 4 is 11.3 Å². The summed E-state index contributed by atoms with van der Waals surface area (Å²) in [6, 6.07) is 1.85. The number of nitrogens with zero attached hydrogens (tertiary/aromatic N) is 3. The second-order valence-corrected chi connectivity index (χ2v) is 2.27. The molecule has 0 bridgehead atoms. The molecule has 0 saturated heterocycles. The van der Waals surface area contributed by atoms with Crippen LogP contribution in [0, 0.1) is 0 Å². The maximum atomic E-state index is 5.66. The van der Waals surface area contributed by atoms with Crippen molar-refractivity contribution in [3.63, 3.8) is 0 Å². The zero-order valence-corrected chi connectivity index (χ0v) is 6.15. The lowest BCUT2D eigenvalue weighted by Crippen LogP contribution is -2.16. The quantitative estimate of drug-likeness (QED) is 0.598. The van der Waals surface area contributed by atoms with E-state index in [0.717, 1.165) is 5.52 Å². The minimum atomic E-state index is 0.671. The normalized spacial score (nSPS) is 10.6. The van der Waals surface area contributed by atoms with Gasteiger partial charge < -0.3 is 11.2 Å². The van der Waals surface area contributed by atoms with Crippen molar-refractivity contribution in [2.45, 2.75) is 0 Å². The summed E-state index contributed by atoms with van der Waals surface area (Å²) in [5, 5.41) is 0. The number of hydrogen-bond donors (Lipinski definition) is 2. The minimum Gasteiger partial charge on any atom is -0.382 e. The standard InChI is InChI=1S/C6H9N5/c1-8-11-6(7)2-5-3-9-4-10(5)11/h2-4,8H,7H2,1H3. The SMILES string of the molecule is CNn1c(N)cc2cncn21. The summed E-state index contributed by atoms with van der Waals surface area (Å²) in [5.41, 5.74) is 9.56. The Hall–Kier alpha value is -1.65. The van der Waals surface area contributed by atoms with Crippen LogP contribution >= 0.6 is 0 Å². The van der Waals surface area contributed by atoms with E-state index in [1.807, 2.05) is 10.6 Å². The Labute approximate surface area is 63.4 Å². The van der Waals surface area contributed by atoms with Crippen LogP contribution in [-0.2, 0) is 0 Å². The van der Waals surface area contributed by atoms with E-state index >= 15 is 0 Å². The van der Waals surface area contributed by atoms with Gasteiger partial charge in [-0.3, -0.25) is 0 Å². The fraction of sp³-hybridized carbons (Fsp3) is 0.167. The number of nitrogen functional groups attached to an aromatic ring is 1. The molecule has 0 amide bonds. The zero-order chi connectivity index (χ0) is 7.84. The number of anilines is 1. The Bertz CT molecular complexity index is 371. The summed E-state index contributed by atoms with van der Waals surface area (Å²) < 4.78 is 1.83. The third-order valence-electron chi connectivity index (χ3n) is 1.61. The van der Waals surface area contributed by atoms with Crippen molar-refractivity contribution in [3.05, 3.63) is 18.6 Å². The molecule has 3 N–H and O–H groups in total. The average Bonchev–Trinajstić information content (AvgIpc) is 2.46. The smallest absolute Gasteiger partial charge is 0.143 e. The molecule has 2 aromatic heterocycles. The van der Waals surface area contributed by atoms with E-state index in [1.165, 1.54) is 0 Å². The van der Waals surface area contributed by atoms with Gasteiger partial charge >= 0.3 is 0 Å². The van der Waals surface area contributed by atoms with E-state index in [9.17, 15) is 0 Å². The van der Waals surface area contributed by atoms with E-state index < -0.39 is 0 Å². The first-order valence-electron chi connectivity index (χ1n) is 3.30. The van der Waals surface area contributed by atoms with Crippen LogP contribution in [-0.4, -0.2) is 21.3 Å². The number of fused-ring (bicyclic) bond motifs is 1. The second-order valence-electron chi connectivity index (χ2n) is 2.27. The fourth-order valence-corrected chi connectivity index (χ4v) is 1.14. The maximum Gasteiger partial charge on any atom is 0.143 e. The highest BCUT2D eigenvalue weighted by Gasteiger charge is 2.02. The van der Waals surface area contributed by atoms with Gasteiger partial charge in [0, 0.05) is 13.1 Å². The molecule has 0 unspecified atom stereocenters. The third kappa shape index (κ3) is 0.674. The molecule has 2 heterocycles. The van der Waals surface area contributed by atoms with Gasteiger partial charge in [0.15, 0.2) is 0 Å². The lowest BCUT2D eigenvalue weighted by atomic mass is 10.5. The largest absolute Gasteiger partial charge is 0.382 e. The monoisotopic (exact) mass is 151 g/mol. The van der Waals surface area contributed by atoms with Crippen molar-refractivity contribution in [3.8, 4) is 0 Å². The Balaban J connectivity index is 2.80. The summed E-state index contributed by atoms with van der Waals surface area (Å²) in [4.78, 5) is 5.67. The van der Waals surface area contributed by atoms with Gasteiger partial charge in [0.2, 0.25) is 0 Å². The van der Waals surface area contributed by atoms with Crippen LogP contribution in [0.5, 0.6) is 0 Å². The van der Waals surface area contributed by atoms with Crippen molar-refractivity contribution in [1.82, 2.24) is 14.3 Å². The van der Waals surface area contributed by atoms with Gasteiger partial charge in [0.25, 0.3) is 0 Å². The van der Waals surface area contributed by atoms with Gasteiger partial charge in [-0.15, -0.1) is 0 Å². The lowest BCUT2D eigenvalue weighted by molar-refractivity contribution is 0.728. The van der Waals surface area contributed by atoms with Gasteiger partial charge in [-0.25, -0.2) is 9.50 Å². The first-order valence-corrected chi connectivity index (χ1v) is 3.30. The van der Waals surface area contributed by atoms with E-state index in [2.05, 4.69) is 10.4 Å². The Morgan fingerprint density at radius 3 is 3.18 bits per heavy atom. The van der Waals surface area contributed by atoms with Gasteiger partial charge in [-0.05, 0) is 0 Å². The predicted octanol–water partition coefficient (Wildman–Crippen LogP) is -0.109. The number of hydrogen-bond acceptors (Lipinski definition) is 3. The number of nitrogens with one attached hydrogen (secondary N) is 1. The molecule has 58 valence electrons. The van der Waals surface area contributed by atoms with Crippen LogP contribution in [0.2, 0.25) is 0 Å². The van der Waals surface area contributed by atoms with Crippen molar-refractivity contribution in [2.24, 2.45) is 0 Å². The molecule has 0 spiro atoms. The van der Waals surface area contributed by atoms with Crippen molar-refractivity contribution in [2.75, 3.05) is 18.2 Å². The highest BCUT2D eigenvalue weighted by Crippen LogP contribution is 2.08. The molecule has 0 aliphatic carbocycles. The molecule has 5 heteroatoms. The highest BCUT2D eigenvalue weighted by molar-refractivity contribution is 5.53. The number of aromatic nitrogens is 3. The van der Waals surface area contributed by atoms with Crippen LogP contribution in [0.3, 0.4) is 0 Å². The molecule has 11 heavy (non-hydrogen) atoms. The number of rotatable bonds is 1. The van der Waals surface area contributed by atoms with Gasteiger partial charge in [0.1, 0.15) is 12.1 Å². The lowest BCUT2D eigenvalue weighted by Gasteiger charge is -2.03. The number of imidazole rings is 1. The summed E-state index contributed by atoms with van der Waals surface area (Å²) in [5.74, 6) is 0.671. The summed E-state index contributed by atoms with van der Waals surface area (Å²) in [6.07, 6.45) is 3.45. The predicted molar refractivity (Wildman–Crippen MR) is 42.9 cm³/mol. The molecule has 2 aromatic rings. The summed E-state index contributed by atoms with van der Waals surface area (Å²) in [6.45, 7) is 0. The first-order chi connectivity index (χ1) is 5.33. The Morgan fingerprint density at radius 1 is 1.64 bits per heavy atom. The fourth-order valence-electron chi connectivity index (χ4n) is 1.14. The maximum absolute atomic E-state index is 5.66. The van der Waals surface area contributed by atoms with E-state index in [4.69, 9.17) is 5.73 Å². The van der Waals surface area contributed by atoms with Gasteiger partial charge in [-0.1, -0.05) is 0 Å². The molecule has 0 saturated carbocycles. The average molecular weight is 151 g/mol. The van der Waals surface area contributed by atoms with Crippen LogP contribution in [0.15, 0.2) is 18.6 Å². The highest BCUT2D eigenvalue weighted by atomic mass is 15.6. The first kappa shape index (κ1) is 6.09. The Kier molecular flexibility index (Phi) is 1.06.